The van der Waals surface area contributed by atoms with Gasteiger partial charge in [0.15, 0.2) is 0 Å². The molecular formula is C12H19N5O2. The van der Waals surface area contributed by atoms with Crippen LogP contribution < -0.4 is 11.1 Å². The lowest BCUT2D eigenvalue weighted by atomic mass is 9.97. The fourth-order valence-corrected chi connectivity index (χ4v) is 2.26. The van der Waals surface area contributed by atoms with E-state index >= 15 is 0 Å². The number of aromatic nitrogens is 2. The van der Waals surface area contributed by atoms with Crippen LogP contribution in [-0.4, -0.2) is 52.9 Å². The summed E-state index contributed by atoms with van der Waals surface area (Å²) >= 11 is 0. The van der Waals surface area contributed by atoms with E-state index in [1.807, 2.05) is 0 Å². The van der Waals surface area contributed by atoms with Gasteiger partial charge in [0.2, 0.25) is 5.91 Å². The van der Waals surface area contributed by atoms with E-state index in [1.165, 1.54) is 12.5 Å². The number of piperidine rings is 1. The molecule has 7 nitrogen and oxygen atoms in total. The van der Waals surface area contributed by atoms with Gasteiger partial charge in [-0.3, -0.25) is 9.59 Å². The van der Waals surface area contributed by atoms with Crippen LogP contribution in [-0.2, 0) is 4.79 Å². The van der Waals surface area contributed by atoms with Crippen LogP contribution in [0, 0.1) is 5.92 Å². The minimum atomic E-state index is -0.146. The van der Waals surface area contributed by atoms with E-state index in [0.29, 0.717) is 31.9 Å². The predicted octanol–water partition coefficient (Wildman–Crippen LogP) is -0.663. The third kappa shape index (κ3) is 3.31. The molecule has 2 amide bonds. The van der Waals surface area contributed by atoms with Crippen molar-refractivity contribution in [2.24, 2.45) is 11.7 Å². The predicted molar refractivity (Wildman–Crippen MR) is 69.3 cm³/mol. The number of hydrogen-bond acceptors (Lipinski definition) is 4. The Hall–Kier alpha value is -1.89. The van der Waals surface area contributed by atoms with Gasteiger partial charge < -0.3 is 20.9 Å². The van der Waals surface area contributed by atoms with Crippen molar-refractivity contribution in [2.45, 2.75) is 12.8 Å². The summed E-state index contributed by atoms with van der Waals surface area (Å²) in [6.07, 6.45) is 4.62. The van der Waals surface area contributed by atoms with E-state index in [1.54, 1.807) is 4.90 Å². The van der Waals surface area contributed by atoms with Gasteiger partial charge in [0, 0.05) is 26.2 Å². The maximum Gasteiger partial charge on any atom is 0.271 e. The molecule has 1 fully saturated rings. The second-order valence-electron chi connectivity index (χ2n) is 4.64. The third-order valence-electron chi connectivity index (χ3n) is 3.25. The molecule has 1 aliphatic heterocycles. The standard InChI is InChI=1S/C12H19N5O2/c13-3-4-15-11(18)9-2-1-5-17(7-9)12(19)10-6-14-8-16-10/h6,8-9H,1-5,7,13H2,(H,14,16)(H,15,18). The quantitative estimate of drug-likeness (QED) is 0.672. The van der Waals surface area contributed by atoms with Crippen LogP contribution >= 0.6 is 0 Å². The summed E-state index contributed by atoms with van der Waals surface area (Å²) in [5, 5.41) is 2.77. The van der Waals surface area contributed by atoms with Crippen molar-refractivity contribution in [3.63, 3.8) is 0 Å². The van der Waals surface area contributed by atoms with E-state index < -0.39 is 0 Å². The molecule has 104 valence electrons. The first-order valence-corrected chi connectivity index (χ1v) is 6.48. The van der Waals surface area contributed by atoms with Gasteiger partial charge in [0.1, 0.15) is 5.69 Å². The number of likely N-dealkylation sites (tertiary alicyclic amines) is 1. The Morgan fingerprint density at radius 1 is 1.58 bits per heavy atom. The SMILES string of the molecule is NCCNC(=O)C1CCCN(C(=O)c2cnc[nH]2)C1. The average molecular weight is 265 g/mol. The fourth-order valence-electron chi connectivity index (χ4n) is 2.26. The highest BCUT2D eigenvalue weighted by Gasteiger charge is 2.29. The second kappa shape index (κ2) is 6.33. The van der Waals surface area contributed by atoms with E-state index in [4.69, 9.17) is 5.73 Å². The van der Waals surface area contributed by atoms with Gasteiger partial charge in [-0.25, -0.2) is 4.98 Å². The smallest absolute Gasteiger partial charge is 0.271 e. The molecule has 0 saturated carbocycles. The number of aromatic amines is 1. The lowest BCUT2D eigenvalue weighted by molar-refractivity contribution is -0.126. The minimum Gasteiger partial charge on any atom is -0.355 e. The highest BCUT2D eigenvalue weighted by Crippen LogP contribution is 2.18. The van der Waals surface area contributed by atoms with Crippen LogP contribution in [0.5, 0.6) is 0 Å². The molecule has 2 rings (SSSR count). The van der Waals surface area contributed by atoms with Crippen LogP contribution in [0.15, 0.2) is 12.5 Å². The first kappa shape index (κ1) is 13.5. The number of nitrogens with two attached hydrogens (primary N) is 1. The third-order valence-corrected chi connectivity index (χ3v) is 3.25. The summed E-state index contributed by atoms with van der Waals surface area (Å²) in [4.78, 5) is 32.4. The topological polar surface area (TPSA) is 104 Å². The van der Waals surface area contributed by atoms with Crippen LogP contribution in [0.25, 0.3) is 0 Å². The Labute approximate surface area is 111 Å². The Bertz CT molecular complexity index is 431. The molecule has 0 aromatic carbocycles. The van der Waals surface area contributed by atoms with Gasteiger partial charge in [-0.1, -0.05) is 0 Å². The highest BCUT2D eigenvalue weighted by molar-refractivity contribution is 5.92. The molecule has 1 saturated heterocycles. The molecule has 7 heteroatoms. The maximum absolute atomic E-state index is 12.1. The van der Waals surface area contributed by atoms with Gasteiger partial charge in [-0.05, 0) is 12.8 Å². The number of H-pyrrole nitrogens is 1. The molecule has 4 N–H and O–H groups in total. The van der Waals surface area contributed by atoms with Crippen LogP contribution in [0.1, 0.15) is 23.3 Å². The van der Waals surface area contributed by atoms with Gasteiger partial charge in [-0.2, -0.15) is 0 Å². The molecule has 2 heterocycles. The molecule has 0 bridgehead atoms. The van der Waals surface area contributed by atoms with Gasteiger partial charge in [0.25, 0.3) is 5.91 Å². The lowest BCUT2D eigenvalue weighted by Gasteiger charge is -2.31. The van der Waals surface area contributed by atoms with Crippen molar-refractivity contribution in [1.29, 1.82) is 0 Å². The molecule has 1 aliphatic rings. The van der Waals surface area contributed by atoms with Crippen molar-refractivity contribution in [1.82, 2.24) is 20.2 Å². The molecule has 0 aliphatic carbocycles. The zero-order valence-electron chi connectivity index (χ0n) is 10.8. The normalized spacial score (nSPS) is 19.2. The Balaban J connectivity index is 1.93. The molecular weight excluding hydrogens is 246 g/mol. The zero-order valence-corrected chi connectivity index (χ0v) is 10.8. The lowest BCUT2D eigenvalue weighted by Crippen LogP contribution is -2.46. The fraction of sp³-hybridized carbons (Fsp3) is 0.583. The van der Waals surface area contributed by atoms with Crippen molar-refractivity contribution < 1.29 is 9.59 Å². The Morgan fingerprint density at radius 2 is 2.42 bits per heavy atom. The summed E-state index contributed by atoms with van der Waals surface area (Å²) in [6.45, 7) is 2.03. The first-order chi connectivity index (χ1) is 9.22. The molecule has 0 spiro atoms. The minimum absolute atomic E-state index is 0.0208. The van der Waals surface area contributed by atoms with Crippen LogP contribution in [0.4, 0.5) is 0 Å². The number of nitrogens with one attached hydrogen (secondary N) is 2. The van der Waals surface area contributed by atoms with E-state index in [2.05, 4.69) is 15.3 Å². The van der Waals surface area contributed by atoms with E-state index in [-0.39, 0.29) is 17.7 Å². The molecule has 19 heavy (non-hydrogen) atoms. The highest BCUT2D eigenvalue weighted by atomic mass is 16.2. The van der Waals surface area contributed by atoms with E-state index in [9.17, 15) is 9.59 Å². The summed E-state index contributed by atoms with van der Waals surface area (Å²) < 4.78 is 0. The Kier molecular flexibility index (Phi) is 4.51. The first-order valence-electron chi connectivity index (χ1n) is 6.48. The number of rotatable bonds is 4. The summed E-state index contributed by atoms with van der Waals surface area (Å²) in [7, 11) is 0. The van der Waals surface area contributed by atoms with Crippen LogP contribution in [0.2, 0.25) is 0 Å². The van der Waals surface area contributed by atoms with Crippen molar-refractivity contribution >= 4 is 11.8 Å². The summed E-state index contributed by atoms with van der Waals surface area (Å²) in [5.41, 5.74) is 5.82. The molecule has 1 atom stereocenters. The molecule has 0 radical (unpaired) electrons. The number of nitrogens with zero attached hydrogens (tertiary/aromatic N) is 2. The van der Waals surface area contributed by atoms with E-state index in [0.717, 1.165) is 12.8 Å². The monoisotopic (exact) mass is 265 g/mol. The maximum atomic E-state index is 12.1. The van der Waals surface area contributed by atoms with Crippen molar-refractivity contribution in [3.8, 4) is 0 Å². The number of carbonyl (C=O) groups excluding carboxylic acids is 2. The van der Waals surface area contributed by atoms with Gasteiger partial charge in [0.05, 0.1) is 18.4 Å². The van der Waals surface area contributed by atoms with Gasteiger partial charge >= 0.3 is 0 Å². The molecule has 1 unspecified atom stereocenters. The molecule has 1 aromatic rings. The second-order valence-corrected chi connectivity index (χ2v) is 4.64. The number of imidazole rings is 1. The Morgan fingerprint density at radius 3 is 3.11 bits per heavy atom. The van der Waals surface area contributed by atoms with Crippen LogP contribution in [0.3, 0.4) is 0 Å². The number of carbonyl (C=O) groups is 2. The van der Waals surface area contributed by atoms with Gasteiger partial charge in [-0.15, -0.1) is 0 Å². The number of hydrogen-bond donors (Lipinski definition) is 3. The zero-order chi connectivity index (χ0) is 13.7. The summed E-state index contributed by atoms with van der Waals surface area (Å²) in [6, 6.07) is 0. The number of amides is 2. The van der Waals surface area contributed by atoms with Crippen molar-refractivity contribution in [3.05, 3.63) is 18.2 Å². The molecule has 1 aromatic heterocycles. The average Bonchev–Trinajstić information content (AvgIpc) is 2.98. The summed E-state index contributed by atoms with van der Waals surface area (Å²) in [5.74, 6) is -0.270. The largest absolute Gasteiger partial charge is 0.355 e. The van der Waals surface area contributed by atoms with Crippen molar-refractivity contribution in [2.75, 3.05) is 26.2 Å².